The Balaban J connectivity index is 2.00. The average molecular weight is 399 g/mol. The van der Waals surface area contributed by atoms with E-state index in [1.54, 1.807) is 13.2 Å². The van der Waals surface area contributed by atoms with Gasteiger partial charge in [0, 0.05) is 25.4 Å². The van der Waals surface area contributed by atoms with Crippen LogP contribution in [0.1, 0.15) is 16.1 Å². The van der Waals surface area contributed by atoms with Crippen LogP contribution in [0.15, 0.2) is 35.6 Å². The Bertz CT molecular complexity index is 708. The number of amides is 1. The minimum atomic E-state index is -0.480. The van der Waals surface area contributed by atoms with Crippen LogP contribution in [0.2, 0.25) is 0 Å². The van der Waals surface area contributed by atoms with Crippen LogP contribution in [0.5, 0.6) is 0 Å². The van der Waals surface area contributed by atoms with Gasteiger partial charge in [-0.15, -0.1) is 0 Å². The summed E-state index contributed by atoms with van der Waals surface area (Å²) in [5.41, 5.74) is 3.28. The van der Waals surface area contributed by atoms with Gasteiger partial charge in [-0.05, 0) is 40.3 Å². The van der Waals surface area contributed by atoms with Crippen molar-refractivity contribution >= 4 is 40.4 Å². The monoisotopic (exact) mass is 399 g/mol. The molecule has 1 aromatic carbocycles. The SMILES string of the molecule is Cn1cc(I)c(C(=O)NN=Cc2ccc([N+](=O)[O-])cc2)n1. The first-order chi connectivity index (χ1) is 9.97. The fraction of sp³-hybridized carbons (Fsp3) is 0.0833. The Kier molecular flexibility index (Phi) is 4.62. The second kappa shape index (κ2) is 6.43. The van der Waals surface area contributed by atoms with Gasteiger partial charge in [0.15, 0.2) is 5.69 Å². The van der Waals surface area contributed by atoms with Crippen molar-refractivity contribution in [3.63, 3.8) is 0 Å². The molecule has 1 N–H and O–H groups in total. The molecule has 0 fully saturated rings. The van der Waals surface area contributed by atoms with Gasteiger partial charge in [-0.1, -0.05) is 0 Å². The van der Waals surface area contributed by atoms with Crippen molar-refractivity contribution in [1.82, 2.24) is 15.2 Å². The summed E-state index contributed by atoms with van der Waals surface area (Å²) in [6.07, 6.45) is 3.12. The Labute approximate surface area is 133 Å². The maximum atomic E-state index is 11.8. The maximum Gasteiger partial charge on any atom is 0.292 e. The molecule has 0 spiro atoms. The van der Waals surface area contributed by atoms with Crippen molar-refractivity contribution in [3.8, 4) is 0 Å². The lowest BCUT2D eigenvalue weighted by molar-refractivity contribution is -0.384. The number of carbonyl (C=O) groups is 1. The third kappa shape index (κ3) is 3.84. The molecule has 1 aromatic heterocycles. The first kappa shape index (κ1) is 15.1. The van der Waals surface area contributed by atoms with Crippen LogP contribution < -0.4 is 5.43 Å². The number of carbonyl (C=O) groups excluding carboxylic acids is 1. The zero-order chi connectivity index (χ0) is 15.4. The van der Waals surface area contributed by atoms with E-state index >= 15 is 0 Å². The van der Waals surface area contributed by atoms with E-state index < -0.39 is 10.8 Å². The van der Waals surface area contributed by atoms with Gasteiger partial charge in [-0.2, -0.15) is 10.2 Å². The second-order valence-electron chi connectivity index (χ2n) is 4.05. The third-order valence-electron chi connectivity index (χ3n) is 2.48. The van der Waals surface area contributed by atoms with Gasteiger partial charge < -0.3 is 0 Å². The predicted molar refractivity (Wildman–Crippen MR) is 84.1 cm³/mol. The van der Waals surface area contributed by atoms with E-state index in [0.717, 1.165) is 3.57 Å². The summed E-state index contributed by atoms with van der Waals surface area (Å²) in [6.45, 7) is 0. The topological polar surface area (TPSA) is 102 Å². The highest BCUT2D eigenvalue weighted by Crippen LogP contribution is 2.11. The lowest BCUT2D eigenvalue weighted by Crippen LogP contribution is -2.19. The van der Waals surface area contributed by atoms with E-state index in [1.807, 2.05) is 22.6 Å². The molecule has 8 nitrogen and oxygen atoms in total. The number of halogens is 1. The third-order valence-corrected chi connectivity index (χ3v) is 3.27. The van der Waals surface area contributed by atoms with Crippen LogP contribution >= 0.6 is 22.6 Å². The quantitative estimate of drug-likeness (QED) is 0.366. The number of hydrazone groups is 1. The van der Waals surface area contributed by atoms with E-state index in [1.165, 1.54) is 35.2 Å². The molecule has 1 heterocycles. The van der Waals surface area contributed by atoms with Crippen LogP contribution in [0.4, 0.5) is 5.69 Å². The highest BCUT2D eigenvalue weighted by atomic mass is 127. The van der Waals surface area contributed by atoms with Crippen LogP contribution in [-0.4, -0.2) is 26.8 Å². The van der Waals surface area contributed by atoms with Crippen LogP contribution in [0, 0.1) is 13.7 Å². The molecule has 2 aromatic rings. The first-order valence-electron chi connectivity index (χ1n) is 5.74. The van der Waals surface area contributed by atoms with Crippen molar-refractivity contribution in [3.05, 3.63) is 55.4 Å². The van der Waals surface area contributed by atoms with Gasteiger partial charge in [-0.3, -0.25) is 19.6 Å². The molecule has 21 heavy (non-hydrogen) atoms. The molecule has 2 rings (SSSR count). The Hall–Kier alpha value is -2.30. The van der Waals surface area contributed by atoms with Gasteiger partial charge in [0.05, 0.1) is 14.7 Å². The average Bonchev–Trinajstić information content (AvgIpc) is 2.78. The summed E-state index contributed by atoms with van der Waals surface area (Å²) in [5.74, 6) is -0.418. The lowest BCUT2D eigenvalue weighted by atomic mass is 10.2. The summed E-state index contributed by atoms with van der Waals surface area (Å²) >= 11 is 2.01. The van der Waals surface area contributed by atoms with Crippen LogP contribution in [-0.2, 0) is 7.05 Å². The molecule has 0 atom stereocenters. The number of nitro groups is 1. The number of benzene rings is 1. The van der Waals surface area contributed by atoms with Gasteiger partial charge in [-0.25, -0.2) is 5.43 Å². The van der Waals surface area contributed by atoms with Crippen LogP contribution in [0.25, 0.3) is 0 Å². The normalized spacial score (nSPS) is 10.8. The van der Waals surface area contributed by atoms with Gasteiger partial charge in [0.2, 0.25) is 0 Å². The fourth-order valence-electron chi connectivity index (χ4n) is 1.51. The minimum Gasteiger partial charge on any atom is -0.274 e. The number of aryl methyl sites for hydroxylation is 1. The minimum absolute atomic E-state index is 0.000718. The van der Waals surface area contributed by atoms with Crippen molar-refractivity contribution in [2.45, 2.75) is 0 Å². The Morgan fingerprint density at radius 3 is 2.67 bits per heavy atom. The molecule has 9 heteroatoms. The number of nitrogens with zero attached hydrogens (tertiary/aromatic N) is 4. The smallest absolute Gasteiger partial charge is 0.274 e. The van der Waals surface area contributed by atoms with E-state index in [-0.39, 0.29) is 5.69 Å². The summed E-state index contributed by atoms with van der Waals surface area (Å²) in [4.78, 5) is 21.8. The number of rotatable bonds is 4. The highest BCUT2D eigenvalue weighted by molar-refractivity contribution is 14.1. The lowest BCUT2D eigenvalue weighted by Gasteiger charge is -1.97. The van der Waals surface area contributed by atoms with Crippen molar-refractivity contribution < 1.29 is 9.72 Å². The molecule has 0 saturated carbocycles. The highest BCUT2D eigenvalue weighted by Gasteiger charge is 2.13. The molecular weight excluding hydrogens is 389 g/mol. The number of nitrogens with one attached hydrogen (secondary N) is 1. The Morgan fingerprint density at radius 1 is 1.48 bits per heavy atom. The van der Waals surface area contributed by atoms with Crippen LogP contribution in [0.3, 0.4) is 0 Å². The molecule has 0 bridgehead atoms. The zero-order valence-electron chi connectivity index (χ0n) is 10.9. The van der Waals surface area contributed by atoms with E-state index in [2.05, 4.69) is 15.6 Å². The summed E-state index contributed by atoms with van der Waals surface area (Å²) < 4.78 is 2.26. The standard InChI is InChI=1S/C12H10IN5O3/c1-17-7-10(13)11(16-17)12(19)15-14-6-8-2-4-9(5-3-8)18(20)21/h2-7H,1H3,(H,15,19). The first-order valence-corrected chi connectivity index (χ1v) is 6.82. The van der Waals surface area contributed by atoms with Gasteiger partial charge >= 0.3 is 0 Å². The van der Waals surface area contributed by atoms with E-state index in [4.69, 9.17) is 0 Å². The predicted octanol–water partition coefficient (Wildman–Crippen LogP) is 1.70. The van der Waals surface area contributed by atoms with Gasteiger partial charge in [0.25, 0.3) is 11.6 Å². The van der Waals surface area contributed by atoms with Crippen molar-refractivity contribution in [2.75, 3.05) is 0 Å². The zero-order valence-corrected chi connectivity index (χ0v) is 13.0. The Morgan fingerprint density at radius 2 is 2.14 bits per heavy atom. The summed E-state index contributed by atoms with van der Waals surface area (Å²) in [6, 6.07) is 5.81. The largest absolute Gasteiger partial charge is 0.292 e. The number of hydrogen-bond donors (Lipinski definition) is 1. The molecule has 0 aliphatic rings. The number of hydrogen-bond acceptors (Lipinski definition) is 5. The molecule has 0 radical (unpaired) electrons. The second-order valence-corrected chi connectivity index (χ2v) is 5.21. The van der Waals surface area contributed by atoms with E-state index in [9.17, 15) is 14.9 Å². The van der Waals surface area contributed by atoms with E-state index in [0.29, 0.717) is 11.3 Å². The van der Waals surface area contributed by atoms with Crippen molar-refractivity contribution in [2.24, 2.45) is 12.1 Å². The molecule has 0 aliphatic carbocycles. The maximum absolute atomic E-state index is 11.8. The number of aromatic nitrogens is 2. The fourth-order valence-corrected chi connectivity index (χ4v) is 2.27. The number of nitro benzene ring substituents is 1. The summed E-state index contributed by atoms with van der Waals surface area (Å²) in [7, 11) is 1.72. The van der Waals surface area contributed by atoms with Crippen molar-refractivity contribution in [1.29, 1.82) is 0 Å². The molecular formula is C12H10IN5O3. The molecule has 108 valence electrons. The number of non-ortho nitro benzene ring substituents is 1. The molecule has 1 amide bonds. The molecule has 0 unspecified atom stereocenters. The van der Waals surface area contributed by atoms with Gasteiger partial charge in [0.1, 0.15) is 0 Å². The summed E-state index contributed by atoms with van der Waals surface area (Å²) in [5, 5.41) is 18.3. The molecule has 0 saturated heterocycles. The molecule has 0 aliphatic heterocycles.